The van der Waals surface area contributed by atoms with E-state index in [9.17, 15) is 29.4 Å². The molecule has 1 aliphatic heterocycles. The monoisotopic (exact) mass is 535 g/mol. The first-order valence-electron chi connectivity index (χ1n) is 12.9. The summed E-state index contributed by atoms with van der Waals surface area (Å²) in [7, 11) is 0. The first-order chi connectivity index (χ1) is 18.6. The van der Waals surface area contributed by atoms with Crippen molar-refractivity contribution in [2.24, 2.45) is 5.73 Å². The minimum absolute atomic E-state index is 0.0651. The van der Waals surface area contributed by atoms with E-state index >= 15 is 0 Å². The van der Waals surface area contributed by atoms with Gasteiger partial charge in [-0.1, -0.05) is 30.3 Å². The fraction of sp³-hybridized carbons (Fsp3) is 0.357. The highest BCUT2D eigenvalue weighted by atomic mass is 16.4. The van der Waals surface area contributed by atoms with Crippen LogP contribution in [0.2, 0.25) is 0 Å². The van der Waals surface area contributed by atoms with Gasteiger partial charge in [0.15, 0.2) is 0 Å². The van der Waals surface area contributed by atoms with Crippen molar-refractivity contribution in [1.82, 2.24) is 20.5 Å². The number of benzene rings is 2. The molecule has 39 heavy (non-hydrogen) atoms. The average molecular weight is 536 g/mol. The first-order valence-corrected chi connectivity index (χ1v) is 12.9. The molecule has 11 nitrogen and oxygen atoms in total. The van der Waals surface area contributed by atoms with Crippen molar-refractivity contribution < 1.29 is 29.4 Å². The maximum atomic E-state index is 13.0. The molecule has 1 aliphatic rings. The molecule has 0 radical (unpaired) electrons. The van der Waals surface area contributed by atoms with Gasteiger partial charge in [-0.05, 0) is 55.5 Å². The number of hydrogen-bond acceptors (Lipinski definition) is 6. The number of aliphatic carboxylic acids is 1. The Morgan fingerprint density at radius 3 is 2.51 bits per heavy atom. The highest BCUT2D eigenvalue weighted by Crippen LogP contribution is 2.21. The largest absolute Gasteiger partial charge is 0.508 e. The zero-order valence-corrected chi connectivity index (χ0v) is 21.6. The Morgan fingerprint density at radius 1 is 1.08 bits per heavy atom. The standard InChI is InChI=1S/C28H33N5O6/c1-16(25(35)32-23(28(38)39)14-18-15-30-22-6-3-2-5-20(18)22)31-26(36)24-7-4-12-33(24)27(37)21(29)13-17-8-10-19(34)11-9-17/h2-3,5-6,8-11,15-16,21,23-24,30,34H,4,7,12-14,29H2,1H3,(H,31,36)(H,32,35)(H,38,39). The van der Waals surface area contributed by atoms with Crippen LogP contribution in [-0.4, -0.2) is 74.5 Å². The molecule has 1 saturated heterocycles. The zero-order valence-electron chi connectivity index (χ0n) is 21.6. The number of carboxylic acids is 1. The van der Waals surface area contributed by atoms with Crippen LogP contribution in [0.5, 0.6) is 5.75 Å². The highest BCUT2D eigenvalue weighted by molar-refractivity contribution is 5.94. The van der Waals surface area contributed by atoms with Crippen molar-refractivity contribution in [3.05, 3.63) is 65.9 Å². The fourth-order valence-corrected chi connectivity index (χ4v) is 4.88. The molecule has 4 rings (SSSR count). The minimum Gasteiger partial charge on any atom is -0.508 e. The number of aromatic nitrogens is 1. The summed E-state index contributed by atoms with van der Waals surface area (Å²) in [6.45, 7) is 1.84. The maximum Gasteiger partial charge on any atom is 0.326 e. The second-order valence-electron chi connectivity index (χ2n) is 9.86. The number of phenols is 1. The van der Waals surface area contributed by atoms with Gasteiger partial charge in [-0.25, -0.2) is 4.79 Å². The molecule has 0 aliphatic carbocycles. The van der Waals surface area contributed by atoms with Crippen molar-refractivity contribution >= 4 is 34.6 Å². The number of carbonyl (C=O) groups excluding carboxylic acids is 3. The molecule has 7 N–H and O–H groups in total. The Balaban J connectivity index is 1.34. The summed E-state index contributed by atoms with van der Waals surface area (Å²) >= 11 is 0. The maximum absolute atomic E-state index is 13.0. The van der Waals surface area contributed by atoms with Gasteiger partial charge >= 0.3 is 5.97 Å². The van der Waals surface area contributed by atoms with E-state index in [-0.39, 0.29) is 24.5 Å². The zero-order chi connectivity index (χ0) is 28.1. The molecule has 2 heterocycles. The number of nitrogens with one attached hydrogen (secondary N) is 3. The summed E-state index contributed by atoms with van der Waals surface area (Å²) in [5.74, 6) is -2.59. The summed E-state index contributed by atoms with van der Waals surface area (Å²) in [6, 6.07) is 9.99. The van der Waals surface area contributed by atoms with Crippen LogP contribution in [0.3, 0.4) is 0 Å². The summed E-state index contributed by atoms with van der Waals surface area (Å²) in [4.78, 5) is 55.3. The molecular weight excluding hydrogens is 502 g/mol. The van der Waals surface area contributed by atoms with E-state index in [2.05, 4.69) is 15.6 Å². The van der Waals surface area contributed by atoms with Crippen LogP contribution in [0.1, 0.15) is 30.9 Å². The molecule has 1 fully saturated rings. The predicted molar refractivity (Wildman–Crippen MR) is 144 cm³/mol. The second-order valence-corrected chi connectivity index (χ2v) is 9.86. The van der Waals surface area contributed by atoms with Crippen LogP contribution in [0.25, 0.3) is 10.9 Å². The number of para-hydroxylation sites is 1. The number of carbonyl (C=O) groups is 4. The Bertz CT molecular complexity index is 1350. The van der Waals surface area contributed by atoms with E-state index in [0.29, 0.717) is 19.4 Å². The van der Waals surface area contributed by atoms with E-state index in [4.69, 9.17) is 5.73 Å². The molecule has 0 spiro atoms. The number of hydrogen-bond donors (Lipinski definition) is 6. The molecule has 2 aromatic carbocycles. The van der Waals surface area contributed by atoms with Gasteiger partial charge in [-0.3, -0.25) is 14.4 Å². The van der Waals surface area contributed by atoms with Crippen molar-refractivity contribution in [3.8, 4) is 5.75 Å². The number of nitrogens with zero attached hydrogens (tertiary/aromatic N) is 1. The van der Waals surface area contributed by atoms with Gasteiger partial charge in [0.2, 0.25) is 17.7 Å². The van der Waals surface area contributed by atoms with Gasteiger partial charge in [-0.15, -0.1) is 0 Å². The lowest BCUT2D eigenvalue weighted by atomic mass is 10.0. The minimum atomic E-state index is -1.20. The molecule has 3 amide bonds. The SMILES string of the molecule is CC(NC(=O)C1CCCN1C(=O)C(N)Cc1ccc(O)cc1)C(=O)NC(Cc1c[nH]c2ccccc12)C(=O)O. The second kappa shape index (κ2) is 12.0. The Hall–Kier alpha value is -4.38. The third-order valence-corrected chi connectivity index (χ3v) is 7.01. The number of fused-ring (bicyclic) bond motifs is 1. The van der Waals surface area contributed by atoms with Gasteiger partial charge in [-0.2, -0.15) is 0 Å². The van der Waals surface area contributed by atoms with Crippen molar-refractivity contribution in [2.45, 2.75) is 56.8 Å². The van der Waals surface area contributed by atoms with E-state index < -0.39 is 42.0 Å². The van der Waals surface area contributed by atoms with Crippen LogP contribution < -0.4 is 16.4 Å². The van der Waals surface area contributed by atoms with E-state index in [1.165, 1.54) is 24.0 Å². The molecule has 1 aromatic heterocycles. The summed E-state index contributed by atoms with van der Waals surface area (Å²) in [6.07, 6.45) is 3.07. The van der Waals surface area contributed by atoms with E-state index in [1.807, 2.05) is 24.3 Å². The molecule has 0 saturated carbocycles. The number of H-pyrrole nitrogens is 1. The number of rotatable bonds is 10. The predicted octanol–water partition coefficient (Wildman–Crippen LogP) is 1.05. The van der Waals surface area contributed by atoms with Gasteiger partial charge in [0.25, 0.3) is 0 Å². The number of aromatic hydroxyl groups is 1. The molecule has 206 valence electrons. The smallest absolute Gasteiger partial charge is 0.326 e. The number of carboxylic acid groups (broad SMARTS) is 1. The summed E-state index contributed by atoms with van der Waals surface area (Å²) in [5.41, 5.74) is 8.53. The molecule has 4 atom stereocenters. The lowest BCUT2D eigenvalue weighted by molar-refractivity contribution is -0.143. The van der Waals surface area contributed by atoms with Crippen LogP contribution in [0.4, 0.5) is 0 Å². The molecular formula is C28H33N5O6. The van der Waals surface area contributed by atoms with Crippen LogP contribution >= 0.6 is 0 Å². The lowest BCUT2D eigenvalue weighted by Gasteiger charge is -2.28. The third kappa shape index (κ3) is 6.55. The number of nitrogens with two attached hydrogens (primary N) is 1. The first kappa shape index (κ1) is 27.6. The fourth-order valence-electron chi connectivity index (χ4n) is 4.88. The normalized spacial score (nSPS) is 17.4. The van der Waals surface area contributed by atoms with Gasteiger partial charge in [0.05, 0.1) is 6.04 Å². The Labute approximate surface area is 225 Å². The highest BCUT2D eigenvalue weighted by Gasteiger charge is 2.37. The molecule has 11 heteroatoms. The average Bonchev–Trinajstić information content (AvgIpc) is 3.56. The van der Waals surface area contributed by atoms with Gasteiger partial charge in [0, 0.05) is 30.1 Å². The topological polar surface area (TPSA) is 178 Å². The van der Waals surface area contributed by atoms with Crippen LogP contribution in [0.15, 0.2) is 54.7 Å². The molecule has 3 aromatic rings. The van der Waals surface area contributed by atoms with Crippen molar-refractivity contribution in [1.29, 1.82) is 0 Å². The number of amides is 3. The van der Waals surface area contributed by atoms with E-state index in [1.54, 1.807) is 18.3 Å². The Morgan fingerprint density at radius 2 is 1.79 bits per heavy atom. The van der Waals surface area contributed by atoms with Crippen LogP contribution in [-0.2, 0) is 32.0 Å². The summed E-state index contributed by atoms with van der Waals surface area (Å²) < 4.78 is 0. The van der Waals surface area contributed by atoms with Crippen LogP contribution in [0, 0.1) is 0 Å². The number of likely N-dealkylation sites (tertiary alicyclic amines) is 1. The quantitative estimate of drug-likeness (QED) is 0.225. The molecule has 4 unspecified atom stereocenters. The summed E-state index contributed by atoms with van der Waals surface area (Å²) in [5, 5.41) is 25.2. The number of aromatic amines is 1. The van der Waals surface area contributed by atoms with Gasteiger partial charge in [0.1, 0.15) is 23.9 Å². The Kier molecular flexibility index (Phi) is 8.50. The molecule has 0 bridgehead atoms. The van der Waals surface area contributed by atoms with Crippen molar-refractivity contribution in [2.75, 3.05) is 6.54 Å². The third-order valence-electron chi connectivity index (χ3n) is 7.01. The van der Waals surface area contributed by atoms with Crippen molar-refractivity contribution in [3.63, 3.8) is 0 Å². The van der Waals surface area contributed by atoms with E-state index in [0.717, 1.165) is 22.0 Å². The lowest BCUT2D eigenvalue weighted by Crippen LogP contribution is -2.56. The van der Waals surface area contributed by atoms with Gasteiger partial charge < -0.3 is 36.5 Å². The number of phenolic OH excluding ortho intramolecular Hbond substituents is 1.